The number of amides is 2. The van der Waals surface area contributed by atoms with Crippen molar-refractivity contribution in [3.05, 3.63) is 12.4 Å². The van der Waals surface area contributed by atoms with Crippen molar-refractivity contribution >= 4 is 17.5 Å². The highest BCUT2D eigenvalue weighted by Gasteiger charge is 2.53. The Bertz CT molecular complexity index is 716. The zero-order chi connectivity index (χ0) is 17.8. The van der Waals surface area contributed by atoms with Crippen LogP contribution in [-0.2, 0) is 16.6 Å². The number of likely N-dealkylation sites (tertiary alicyclic amines) is 1. The van der Waals surface area contributed by atoms with Gasteiger partial charge in [0, 0.05) is 32.9 Å². The van der Waals surface area contributed by atoms with Gasteiger partial charge in [0.25, 0.3) is 5.91 Å². The normalized spacial score (nSPS) is 29.3. The molecule has 1 aromatic rings. The zero-order valence-electron chi connectivity index (χ0n) is 14.7. The summed E-state index contributed by atoms with van der Waals surface area (Å²) in [6.45, 7) is 1.80. The maximum Gasteiger partial charge on any atom is 0.260 e. The summed E-state index contributed by atoms with van der Waals surface area (Å²) in [5.41, 5.74) is -1.21. The second-order valence-corrected chi connectivity index (χ2v) is 7.73. The number of piperazine rings is 1. The summed E-state index contributed by atoms with van der Waals surface area (Å²) in [6.07, 6.45) is 5.70. The molecule has 2 aliphatic heterocycles. The van der Waals surface area contributed by atoms with E-state index < -0.39 is 5.67 Å². The van der Waals surface area contributed by atoms with E-state index >= 15 is 0 Å². The van der Waals surface area contributed by atoms with Crippen molar-refractivity contribution in [2.75, 3.05) is 38.1 Å². The van der Waals surface area contributed by atoms with E-state index in [2.05, 4.69) is 5.10 Å². The van der Waals surface area contributed by atoms with Gasteiger partial charge in [-0.15, -0.1) is 0 Å². The molecule has 3 heterocycles. The first kappa shape index (κ1) is 16.5. The van der Waals surface area contributed by atoms with Gasteiger partial charge in [-0.1, -0.05) is 0 Å². The average Bonchev–Trinajstić information content (AvgIpc) is 3.16. The fourth-order valence-electron chi connectivity index (χ4n) is 4.20. The molecule has 1 aliphatic carbocycles. The Hall–Kier alpha value is -1.96. The maximum atomic E-state index is 14.5. The predicted molar refractivity (Wildman–Crippen MR) is 89.8 cm³/mol. The Kier molecular flexibility index (Phi) is 3.64. The van der Waals surface area contributed by atoms with Gasteiger partial charge in [-0.3, -0.25) is 19.2 Å². The second-order valence-electron chi connectivity index (χ2n) is 7.73. The Balaban J connectivity index is 1.54. The molecule has 1 saturated carbocycles. The lowest BCUT2D eigenvalue weighted by molar-refractivity contribution is -0.149. The molecule has 7 nitrogen and oxygen atoms in total. The van der Waals surface area contributed by atoms with Crippen LogP contribution >= 0.6 is 0 Å². The van der Waals surface area contributed by atoms with Crippen molar-refractivity contribution in [1.29, 1.82) is 0 Å². The summed E-state index contributed by atoms with van der Waals surface area (Å²) in [4.78, 5) is 30.5. The molecule has 3 fully saturated rings. The first-order valence-corrected chi connectivity index (χ1v) is 8.82. The van der Waals surface area contributed by atoms with Crippen LogP contribution in [0.4, 0.5) is 10.1 Å². The summed E-state index contributed by atoms with van der Waals surface area (Å²) in [5, 5.41) is 4.15. The molecule has 0 radical (unpaired) electrons. The summed E-state index contributed by atoms with van der Waals surface area (Å²) >= 11 is 0. The topological polar surface area (TPSA) is 61.7 Å². The molecular formula is C17H24FN5O2. The zero-order valence-corrected chi connectivity index (χ0v) is 14.7. The molecule has 25 heavy (non-hydrogen) atoms. The number of hydrogen-bond donors (Lipinski definition) is 0. The molecule has 0 unspecified atom stereocenters. The van der Waals surface area contributed by atoms with E-state index in [4.69, 9.17) is 0 Å². The van der Waals surface area contributed by atoms with Crippen LogP contribution in [0, 0.1) is 0 Å². The quantitative estimate of drug-likeness (QED) is 0.783. The van der Waals surface area contributed by atoms with Gasteiger partial charge in [-0.05, 0) is 32.7 Å². The van der Waals surface area contributed by atoms with Crippen molar-refractivity contribution in [2.45, 2.75) is 36.9 Å². The van der Waals surface area contributed by atoms with Gasteiger partial charge in [-0.2, -0.15) is 5.10 Å². The van der Waals surface area contributed by atoms with Crippen LogP contribution < -0.4 is 4.90 Å². The van der Waals surface area contributed by atoms with E-state index in [1.165, 1.54) is 0 Å². The van der Waals surface area contributed by atoms with Crippen molar-refractivity contribution in [3.63, 3.8) is 0 Å². The van der Waals surface area contributed by atoms with Crippen molar-refractivity contribution in [2.24, 2.45) is 7.05 Å². The van der Waals surface area contributed by atoms with Gasteiger partial charge in [-0.25, -0.2) is 4.39 Å². The Morgan fingerprint density at radius 3 is 2.60 bits per heavy atom. The summed E-state index contributed by atoms with van der Waals surface area (Å²) in [6, 6.07) is 0. The largest absolute Gasteiger partial charge is 0.338 e. The lowest BCUT2D eigenvalue weighted by Crippen LogP contribution is -2.65. The first-order chi connectivity index (χ1) is 11.8. The van der Waals surface area contributed by atoms with Gasteiger partial charge in [0.2, 0.25) is 5.91 Å². The number of alkyl halides is 1. The maximum absolute atomic E-state index is 14.5. The van der Waals surface area contributed by atoms with Crippen LogP contribution in [0.1, 0.15) is 25.7 Å². The minimum absolute atomic E-state index is 0.0202. The van der Waals surface area contributed by atoms with Crippen LogP contribution in [0.5, 0.6) is 0 Å². The van der Waals surface area contributed by atoms with Gasteiger partial charge in [0.05, 0.1) is 24.0 Å². The van der Waals surface area contributed by atoms with Crippen LogP contribution in [-0.4, -0.2) is 75.8 Å². The van der Waals surface area contributed by atoms with E-state index in [0.29, 0.717) is 32.5 Å². The van der Waals surface area contributed by atoms with Gasteiger partial charge in [0.15, 0.2) is 5.67 Å². The van der Waals surface area contributed by atoms with Crippen LogP contribution in [0.2, 0.25) is 0 Å². The molecule has 8 heteroatoms. The predicted octanol–water partition coefficient (Wildman–Crippen LogP) is 0.562. The lowest BCUT2D eigenvalue weighted by atomic mass is 9.81. The van der Waals surface area contributed by atoms with Crippen molar-refractivity contribution in [3.8, 4) is 0 Å². The second kappa shape index (κ2) is 5.52. The summed E-state index contributed by atoms with van der Waals surface area (Å²) in [7, 11) is 3.73. The van der Waals surface area contributed by atoms with E-state index in [-0.39, 0.29) is 23.9 Å². The third-order valence-corrected chi connectivity index (χ3v) is 6.09. The van der Waals surface area contributed by atoms with E-state index in [0.717, 1.165) is 18.5 Å². The van der Waals surface area contributed by atoms with Crippen LogP contribution in [0.15, 0.2) is 12.4 Å². The summed E-state index contributed by atoms with van der Waals surface area (Å²) in [5.74, 6) is -0.347. The first-order valence-electron chi connectivity index (χ1n) is 8.82. The molecule has 2 amide bonds. The van der Waals surface area contributed by atoms with Crippen LogP contribution in [0.3, 0.4) is 0 Å². The van der Waals surface area contributed by atoms with Gasteiger partial charge >= 0.3 is 0 Å². The number of carbonyl (C=O) groups is 2. The van der Waals surface area contributed by atoms with E-state index in [9.17, 15) is 14.0 Å². The minimum atomic E-state index is -1.66. The van der Waals surface area contributed by atoms with Crippen LogP contribution in [0.25, 0.3) is 0 Å². The Labute approximate surface area is 146 Å². The highest BCUT2D eigenvalue weighted by Crippen LogP contribution is 2.40. The molecule has 4 rings (SSSR count). The number of aryl methyl sites for hydroxylation is 1. The summed E-state index contributed by atoms with van der Waals surface area (Å²) < 4.78 is 16.2. The number of anilines is 1. The monoisotopic (exact) mass is 349 g/mol. The molecule has 1 spiro atoms. The Morgan fingerprint density at radius 1 is 1.24 bits per heavy atom. The number of carbonyl (C=O) groups excluding carboxylic acids is 2. The average molecular weight is 349 g/mol. The number of likely N-dealkylation sites (N-methyl/N-ethyl adjacent to an activating group) is 1. The highest BCUT2D eigenvalue weighted by atomic mass is 19.1. The standard InChI is InChI=1S/C17H24FN5O2/c1-20-10-14(24)23(13-8-19-21(2)9-13)12-16(20)6-7-22(11-16)15(25)17(18)4-3-5-17/h8-9H,3-7,10-12H2,1-2H3/t16-/m0/s1. The molecule has 0 aromatic carbocycles. The lowest BCUT2D eigenvalue weighted by Gasteiger charge is -2.46. The van der Waals surface area contributed by atoms with Gasteiger partial charge in [0.1, 0.15) is 0 Å². The van der Waals surface area contributed by atoms with Crippen molar-refractivity contribution in [1.82, 2.24) is 19.6 Å². The fraction of sp³-hybridized carbons (Fsp3) is 0.706. The molecule has 0 bridgehead atoms. The number of halogens is 1. The minimum Gasteiger partial charge on any atom is -0.338 e. The van der Waals surface area contributed by atoms with E-state index in [1.54, 1.807) is 20.7 Å². The SMILES string of the molecule is CN1CC(=O)N(c2cnn(C)c2)C[C@@]12CCN(C(=O)C1(F)CCC1)C2. The Morgan fingerprint density at radius 2 is 2.00 bits per heavy atom. The van der Waals surface area contributed by atoms with E-state index in [1.807, 2.05) is 25.2 Å². The number of nitrogens with zero attached hydrogens (tertiary/aromatic N) is 5. The van der Waals surface area contributed by atoms with Crippen molar-refractivity contribution < 1.29 is 14.0 Å². The fourth-order valence-corrected chi connectivity index (χ4v) is 4.20. The highest BCUT2D eigenvalue weighted by molar-refractivity contribution is 5.96. The third-order valence-electron chi connectivity index (χ3n) is 6.09. The third kappa shape index (κ3) is 2.54. The molecule has 2 saturated heterocycles. The molecule has 0 N–H and O–H groups in total. The molecule has 1 aromatic heterocycles. The molecule has 1 atom stereocenters. The smallest absolute Gasteiger partial charge is 0.260 e. The number of aromatic nitrogens is 2. The molecule has 3 aliphatic rings. The molecular weight excluding hydrogens is 325 g/mol. The number of hydrogen-bond acceptors (Lipinski definition) is 4. The number of rotatable bonds is 2. The molecule has 136 valence electrons. The van der Waals surface area contributed by atoms with Gasteiger partial charge < -0.3 is 9.80 Å².